The maximum Gasteiger partial charge on any atom is 0.228 e. The molecule has 0 atom stereocenters. The largest absolute Gasteiger partial charge is 0.493 e. The zero-order valence-electron chi connectivity index (χ0n) is 11.9. The van der Waals surface area contributed by atoms with E-state index in [2.05, 4.69) is 0 Å². The number of fused-ring (bicyclic) bond motifs is 1. The van der Waals surface area contributed by atoms with Crippen LogP contribution in [0.25, 0.3) is 0 Å². The van der Waals surface area contributed by atoms with Gasteiger partial charge in [-0.1, -0.05) is 0 Å². The minimum Gasteiger partial charge on any atom is -0.493 e. The third-order valence-electron chi connectivity index (χ3n) is 3.91. The Bertz CT molecular complexity index is 639. The Kier molecular flexibility index (Phi) is 3.35. The Hall–Kier alpha value is -2.03. The van der Waals surface area contributed by atoms with Gasteiger partial charge in [0.1, 0.15) is 5.75 Å². The van der Waals surface area contributed by atoms with E-state index < -0.39 is 0 Å². The van der Waals surface area contributed by atoms with Crippen LogP contribution in [0.4, 0.5) is 0 Å². The van der Waals surface area contributed by atoms with Gasteiger partial charge in [0.25, 0.3) is 0 Å². The number of ketones is 1. The zero-order valence-corrected chi connectivity index (χ0v) is 11.9. The number of benzene rings is 1. The summed E-state index contributed by atoms with van der Waals surface area (Å²) < 4.78 is 11.1. The lowest BCUT2D eigenvalue weighted by Crippen LogP contribution is -2.07. The minimum atomic E-state index is -0.0531. The molecule has 0 radical (unpaired) electrons. The van der Waals surface area contributed by atoms with Gasteiger partial charge in [-0.15, -0.1) is 0 Å². The zero-order chi connectivity index (χ0) is 14.1. The standard InChI is InChI=1S/C17H18O3/c1-11-10-14(16(18)15-7-5-9-19-15)12(2)13-6-3-4-8-20-17(11)13/h5,7,9-10H,3-4,6,8H2,1-2H3. The number of hydrogen-bond donors (Lipinski definition) is 0. The SMILES string of the molecule is Cc1cc(C(=O)c2ccco2)c(C)c2c1OCCCC2. The molecule has 0 amide bonds. The average molecular weight is 270 g/mol. The van der Waals surface area contributed by atoms with Gasteiger partial charge >= 0.3 is 0 Å². The predicted octanol–water partition coefficient (Wildman–Crippen LogP) is 3.84. The molecule has 1 aromatic heterocycles. The van der Waals surface area contributed by atoms with Gasteiger partial charge in [-0.05, 0) is 68.0 Å². The Balaban J connectivity index is 2.11. The molecule has 0 N–H and O–H groups in total. The second-order valence-electron chi connectivity index (χ2n) is 5.29. The number of furan rings is 1. The lowest BCUT2D eigenvalue weighted by Gasteiger charge is -2.16. The topological polar surface area (TPSA) is 39.4 Å². The van der Waals surface area contributed by atoms with Crippen molar-refractivity contribution in [3.63, 3.8) is 0 Å². The summed E-state index contributed by atoms with van der Waals surface area (Å²) in [6, 6.07) is 5.37. The molecule has 0 spiro atoms. The molecule has 0 saturated heterocycles. The first-order valence-electron chi connectivity index (χ1n) is 7.02. The number of carbonyl (C=O) groups is 1. The van der Waals surface area contributed by atoms with Crippen molar-refractivity contribution in [3.05, 3.63) is 52.5 Å². The van der Waals surface area contributed by atoms with E-state index in [1.165, 1.54) is 11.8 Å². The van der Waals surface area contributed by atoms with Crippen LogP contribution in [-0.4, -0.2) is 12.4 Å². The molecule has 0 unspecified atom stereocenters. The smallest absolute Gasteiger partial charge is 0.228 e. The molecule has 20 heavy (non-hydrogen) atoms. The number of carbonyl (C=O) groups excluding carboxylic acids is 1. The minimum absolute atomic E-state index is 0.0531. The van der Waals surface area contributed by atoms with E-state index in [1.54, 1.807) is 12.1 Å². The van der Waals surface area contributed by atoms with Crippen molar-refractivity contribution in [3.8, 4) is 5.75 Å². The highest BCUT2D eigenvalue weighted by Gasteiger charge is 2.22. The monoisotopic (exact) mass is 270 g/mol. The second kappa shape index (κ2) is 5.16. The highest BCUT2D eigenvalue weighted by atomic mass is 16.5. The van der Waals surface area contributed by atoms with E-state index in [0.717, 1.165) is 48.3 Å². The first-order chi connectivity index (χ1) is 9.68. The normalized spacial score (nSPS) is 14.3. The maximum atomic E-state index is 12.5. The Labute approximate surface area is 118 Å². The van der Waals surface area contributed by atoms with Crippen molar-refractivity contribution < 1.29 is 13.9 Å². The molecule has 3 rings (SSSR count). The summed E-state index contributed by atoms with van der Waals surface area (Å²) in [5, 5.41) is 0. The molecule has 0 saturated carbocycles. The maximum absolute atomic E-state index is 12.5. The Morgan fingerprint density at radius 3 is 2.85 bits per heavy atom. The van der Waals surface area contributed by atoms with E-state index in [-0.39, 0.29) is 5.78 Å². The molecule has 0 bridgehead atoms. The van der Waals surface area contributed by atoms with Crippen LogP contribution in [-0.2, 0) is 6.42 Å². The molecule has 1 aromatic carbocycles. The summed E-state index contributed by atoms with van der Waals surface area (Å²) in [6.07, 6.45) is 4.67. The van der Waals surface area contributed by atoms with Crippen LogP contribution in [0.3, 0.4) is 0 Å². The molecule has 2 heterocycles. The van der Waals surface area contributed by atoms with E-state index >= 15 is 0 Å². The molecule has 1 aliphatic heterocycles. The molecular weight excluding hydrogens is 252 g/mol. The van der Waals surface area contributed by atoms with Gasteiger partial charge in [-0.2, -0.15) is 0 Å². The van der Waals surface area contributed by atoms with Crippen LogP contribution in [0.1, 0.15) is 45.7 Å². The van der Waals surface area contributed by atoms with Gasteiger partial charge in [0, 0.05) is 5.56 Å². The third kappa shape index (κ3) is 2.13. The van der Waals surface area contributed by atoms with Crippen LogP contribution in [0.2, 0.25) is 0 Å². The molecular formula is C17H18O3. The van der Waals surface area contributed by atoms with Crippen molar-refractivity contribution in [2.45, 2.75) is 33.1 Å². The van der Waals surface area contributed by atoms with Gasteiger partial charge in [-0.3, -0.25) is 4.79 Å². The van der Waals surface area contributed by atoms with Crippen LogP contribution in [0.5, 0.6) is 5.75 Å². The number of aryl methyl sites for hydroxylation is 1. The summed E-state index contributed by atoms with van der Waals surface area (Å²) in [5.41, 5.74) is 3.95. The lowest BCUT2D eigenvalue weighted by molar-refractivity contribution is 0.101. The lowest BCUT2D eigenvalue weighted by atomic mass is 9.92. The van der Waals surface area contributed by atoms with E-state index in [1.807, 2.05) is 19.9 Å². The first-order valence-corrected chi connectivity index (χ1v) is 7.02. The molecule has 0 fully saturated rings. The van der Waals surface area contributed by atoms with E-state index in [0.29, 0.717) is 5.76 Å². The van der Waals surface area contributed by atoms with Crippen LogP contribution in [0, 0.1) is 13.8 Å². The molecule has 2 aromatic rings. The van der Waals surface area contributed by atoms with Crippen LogP contribution < -0.4 is 4.74 Å². The van der Waals surface area contributed by atoms with Gasteiger partial charge in [0.05, 0.1) is 12.9 Å². The number of rotatable bonds is 2. The molecule has 3 heteroatoms. The van der Waals surface area contributed by atoms with Crippen molar-refractivity contribution >= 4 is 5.78 Å². The molecule has 104 valence electrons. The van der Waals surface area contributed by atoms with Crippen LogP contribution in [0.15, 0.2) is 28.9 Å². The summed E-state index contributed by atoms with van der Waals surface area (Å²) in [5.74, 6) is 1.31. The first kappa shape index (κ1) is 13.0. The summed E-state index contributed by atoms with van der Waals surface area (Å²) in [7, 11) is 0. The van der Waals surface area contributed by atoms with Crippen molar-refractivity contribution in [2.24, 2.45) is 0 Å². The summed E-state index contributed by atoms with van der Waals surface area (Å²) in [4.78, 5) is 12.5. The van der Waals surface area contributed by atoms with Crippen LogP contribution >= 0.6 is 0 Å². The van der Waals surface area contributed by atoms with Gasteiger partial charge in [0.15, 0.2) is 5.76 Å². The fourth-order valence-electron chi connectivity index (χ4n) is 2.82. The number of ether oxygens (including phenoxy) is 1. The Morgan fingerprint density at radius 2 is 2.10 bits per heavy atom. The highest BCUT2D eigenvalue weighted by molar-refractivity contribution is 6.08. The average Bonchev–Trinajstić information content (AvgIpc) is 2.86. The quantitative estimate of drug-likeness (QED) is 0.778. The summed E-state index contributed by atoms with van der Waals surface area (Å²) in [6.45, 7) is 4.77. The van der Waals surface area contributed by atoms with Gasteiger partial charge < -0.3 is 9.15 Å². The highest BCUT2D eigenvalue weighted by Crippen LogP contribution is 2.33. The van der Waals surface area contributed by atoms with Crippen molar-refractivity contribution in [1.82, 2.24) is 0 Å². The third-order valence-corrected chi connectivity index (χ3v) is 3.91. The Morgan fingerprint density at radius 1 is 1.25 bits per heavy atom. The van der Waals surface area contributed by atoms with E-state index in [9.17, 15) is 4.79 Å². The predicted molar refractivity (Wildman–Crippen MR) is 76.5 cm³/mol. The molecule has 3 nitrogen and oxygen atoms in total. The van der Waals surface area contributed by atoms with Gasteiger partial charge in [-0.25, -0.2) is 0 Å². The second-order valence-corrected chi connectivity index (χ2v) is 5.29. The van der Waals surface area contributed by atoms with Crippen molar-refractivity contribution in [2.75, 3.05) is 6.61 Å². The van der Waals surface area contributed by atoms with Gasteiger partial charge in [0.2, 0.25) is 5.78 Å². The fourth-order valence-corrected chi connectivity index (χ4v) is 2.82. The molecule has 0 aliphatic carbocycles. The fraction of sp³-hybridized carbons (Fsp3) is 0.353. The summed E-state index contributed by atoms with van der Waals surface area (Å²) >= 11 is 0. The van der Waals surface area contributed by atoms with E-state index in [4.69, 9.17) is 9.15 Å². The number of hydrogen-bond acceptors (Lipinski definition) is 3. The molecule has 1 aliphatic rings. The van der Waals surface area contributed by atoms with Crippen molar-refractivity contribution in [1.29, 1.82) is 0 Å².